The van der Waals surface area contributed by atoms with Crippen LogP contribution in [0.15, 0.2) is 36.7 Å². The normalized spacial score (nSPS) is 10.2. The van der Waals surface area contributed by atoms with Crippen molar-refractivity contribution in [2.75, 3.05) is 11.1 Å². The highest BCUT2D eigenvalue weighted by molar-refractivity contribution is 5.38. The van der Waals surface area contributed by atoms with E-state index in [0.29, 0.717) is 5.82 Å². The minimum Gasteiger partial charge on any atom is -0.382 e. The summed E-state index contributed by atoms with van der Waals surface area (Å²) in [5.41, 5.74) is 8.11. The fourth-order valence-electron chi connectivity index (χ4n) is 1.69. The number of benzene rings is 1. The maximum atomic E-state index is 5.48. The second-order valence-electron chi connectivity index (χ2n) is 3.80. The summed E-state index contributed by atoms with van der Waals surface area (Å²) in [6.45, 7) is 2.91. The first-order valence-corrected chi connectivity index (χ1v) is 5.67. The molecule has 0 fully saturated rings. The van der Waals surface area contributed by atoms with Gasteiger partial charge in [-0.15, -0.1) is 0 Å². The molecule has 17 heavy (non-hydrogen) atoms. The average molecular weight is 228 g/mol. The molecular formula is C13H16N4. The molecule has 0 radical (unpaired) electrons. The summed E-state index contributed by atoms with van der Waals surface area (Å²) in [7, 11) is 0. The van der Waals surface area contributed by atoms with E-state index in [1.807, 2.05) is 6.07 Å². The number of aromatic nitrogens is 2. The van der Waals surface area contributed by atoms with Crippen molar-refractivity contribution >= 4 is 11.6 Å². The lowest BCUT2D eigenvalue weighted by Crippen LogP contribution is -2.04. The molecule has 0 atom stereocenters. The predicted octanol–water partition coefficient (Wildman–Crippen LogP) is 2.23. The molecule has 0 saturated carbocycles. The number of nitrogens with one attached hydrogen (secondary N) is 1. The summed E-state index contributed by atoms with van der Waals surface area (Å²) in [4.78, 5) is 8.14. The van der Waals surface area contributed by atoms with Crippen molar-refractivity contribution < 1.29 is 0 Å². The molecule has 0 unspecified atom stereocenters. The number of aryl methyl sites for hydroxylation is 1. The van der Waals surface area contributed by atoms with Crippen molar-refractivity contribution in [2.45, 2.75) is 19.9 Å². The molecule has 4 heteroatoms. The quantitative estimate of drug-likeness (QED) is 0.842. The van der Waals surface area contributed by atoms with E-state index < -0.39 is 0 Å². The van der Waals surface area contributed by atoms with Crippen molar-refractivity contribution in [2.24, 2.45) is 0 Å². The molecule has 1 heterocycles. The lowest BCUT2D eigenvalue weighted by atomic mass is 10.1. The van der Waals surface area contributed by atoms with Crippen molar-refractivity contribution in [1.82, 2.24) is 9.97 Å². The first kappa shape index (κ1) is 11.4. The number of rotatable bonds is 4. The summed E-state index contributed by atoms with van der Waals surface area (Å²) in [5.74, 6) is 1.18. The summed E-state index contributed by atoms with van der Waals surface area (Å²) in [6, 6.07) is 8.37. The second kappa shape index (κ2) is 5.30. The van der Waals surface area contributed by atoms with Crippen LogP contribution in [-0.4, -0.2) is 9.97 Å². The van der Waals surface area contributed by atoms with Gasteiger partial charge in [0, 0.05) is 6.54 Å². The van der Waals surface area contributed by atoms with E-state index >= 15 is 0 Å². The predicted molar refractivity (Wildman–Crippen MR) is 69.6 cm³/mol. The molecule has 0 bridgehead atoms. The molecular weight excluding hydrogens is 212 g/mol. The Hall–Kier alpha value is -2.10. The van der Waals surface area contributed by atoms with Gasteiger partial charge in [0.2, 0.25) is 0 Å². The van der Waals surface area contributed by atoms with E-state index in [2.05, 4.69) is 40.4 Å². The zero-order chi connectivity index (χ0) is 12.1. The molecule has 2 rings (SSSR count). The average Bonchev–Trinajstić information content (AvgIpc) is 2.38. The molecule has 0 aliphatic rings. The fraction of sp³-hybridized carbons (Fsp3) is 0.231. The minimum absolute atomic E-state index is 0.435. The largest absolute Gasteiger partial charge is 0.382 e. The molecule has 88 valence electrons. The van der Waals surface area contributed by atoms with Crippen molar-refractivity contribution in [3.63, 3.8) is 0 Å². The van der Waals surface area contributed by atoms with Crippen molar-refractivity contribution in [1.29, 1.82) is 0 Å². The zero-order valence-electron chi connectivity index (χ0n) is 9.85. The van der Waals surface area contributed by atoms with Crippen LogP contribution in [-0.2, 0) is 13.0 Å². The number of anilines is 2. The van der Waals surface area contributed by atoms with Gasteiger partial charge >= 0.3 is 0 Å². The van der Waals surface area contributed by atoms with Crippen LogP contribution >= 0.6 is 0 Å². The first-order chi connectivity index (χ1) is 8.29. The van der Waals surface area contributed by atoms with Crippen LogP contribution in [0.3, 0.4) is 0 Å². The molecule has 2 aromatic rings. The highest BCUT2D eigenvalue weighted by Gasteiger charge is 2.00. The highest BCUT2D eigenvalue weighted by Crippen LogP contribution is 2.11. The Balaban J connectivity index is 2.04. The summed E-state index contributed by atoms with van der Waals surface area (Å²) in [5, 5.41) is 3.23. The molecule has 3 N–H and O–H groups in total. The maximum Gasteiger partial charge on any atom is 0.144 e. The second-order valence-corrected chi connectivity index (χ2v) is 3.80. The monoisotopic (exact) mass is 228 g/mol. The van der Waals surface area contributed by atoms with E-state index in [1.54, 1.807) is 12.4 Å². The summed E-state index contributed by atoms with van der Waals surface area (Å²) in [6.07, 6.45) is 4.23. The van der Waals surface area contributed by atoms with Crippen LogP contribution in [0, 0.1) is 0 Å². The highest BCUT2D eigenvalue weighted by atomic mass is 15.0. The van der Waals surface area contributed by atoms with E-state index in [4.69, 9.17) is 5.73 Å². The number of nitrogens with two attached hydrogens (primary N) is 1. The van der Waals surface area contributed by atoms with Crippen LogP contribution in [0.25, 0.3) is 0 Å². The van der Waals surface area contributed by atoms with Crippen LogP contribution in [0.5, 0.6) is 0 Å². The van der Waals surface area contributed by atoms with Gasteiger partial charge in [0.25, 0.3) is 0 Å². The zero-order valence-corrected chi connectivity index (χ0v) is 9.85. The standard InChI is InChI=1S/C13H16N4/c1-2-10-5-3-4-6-11(10)7-16-13-9-15-12(14)8-17-13/h3-6,8-9H,2,7H2,1H3,(H2,14,15)(H,16,17). The fourth-order valence-corrected chi connectivity index (χ4v) is 1.69. The van der Waals surface area contributed by atoms with E-state index in [9.17, 15) is 0 Å². The molecule has 0 amide bonds. The summed E-state index contributed by atoms with van der Waals surface area (Å²) < 4.78 is 0. The third kappa shape index (κ3) is 2.93. The van der Waals surface area contributed by atoms with Gasteiger partial charge in [-0.05, 0) is 17.5 Å². The molecule has 0 aliphatic carbocycles. The van der Waals surface area contributed by atoms with Gasteiger partial charge < -0.3 is 11.1 Å². The van der Waals surface area contributed by atoms with E-state index in [0.717, 1.165) is 18.8 Å². The molecule has 0 aliphatic heterocycles. The van der Waals surface area contributed by atoms with Crippen LogP contribution in [0.4, 0.5) is 11.6 Å². The van der Waals surface area contributed by atoms with E-state index in [-0.39, 0.29) is 0 Å². The topological polar surface area (TPSA) is 63.8 Å². The lowest BCUT2D eigenvalue weighted by molar-refractivity contribution is 1.03. The van der Waals surface area contributed by atoms with Gasteiger partial charge in [-0.2, -0.15) is 0 Å². The lowest BCUT2D eigenvalue weighted by Gasteiger charge is -2.09. The van der Waals surface area contributed by atoms with Gasteiger partial charge in [0.15, 0.2) is 0 Å². The Morgan fingerprint density at radius 3 is 2.53 bits per heavy atom. The van der Waals surface area contributed by atoms with E-state index in [1.165, 1.54) is 11.1 Å². The van der Waals surface area contributed by atoms with Crippen LogP contribution < -0.4 is 11.1 Å². The van der Waals surface area contributed by atoms with Gasteiger partial charge in [0.05, 0.1) is 12.4 Å². The Kier molecular flexibility index (Phi) is 3.55. The van der Waals surface area contributed by atoms with Crippen LogP contribution in [0.2, 0.25) is 0 Å². The van der Waals surface area contributed by atoms with Crippen molar-refractivity contribution in [3.8, 4) is 0 Å². The Labute approximate surface area is 101 Å². The third-order valence-electron chi connectivity index (χ3n) is 2.63. The Bertz CT molecular complexity index is 479. The molecule has 4 nitrogen and oxygen atoms in total. The third-order valence-corrected chi connectivity index (χ3v) is 2.63. The van der Waals surface area contributed by atoms with Gasteiger partial charge in [-0.3, -0.25) is 0 Å². The Morgan fingerprint density at radius 2 is 1.88 bits per heavy atom. The first-order valence-electron chi connectivity index (χ1n) is 5.67. The number of nitrogens with zero attached hydrogens (tertiary/aromatic N) is 2. The van der Waals surface area contributed by atoms with Gasteiger partial charge in [-0.25, -0.2) is 9.97 Å². The molecule has 0 saturated heterocycles. The number of hydrogen-bond donors (Lipinski definition) is 2. The molecule has 1 aromatic heterocycles. The van der Waals surface area contributed by atoms with Crippen molar-refractivity contribution in [3.05, 3.63) is 47.8 Å². The maximum absolute atomic E-state index is 5.48. The van der Waals surface area contributed by atoms with Crippen LogP contribution in [0.1, 0.15) is 18.1 Å². The smallest absolute Gasteiger partial charge is 0.144 e. The molecule has 0 spiro atoms. The van der Waals surface area contributed by atoms with Gasteiger partial charge in [-0.1, -0.05) is 31.2 Å². The number of nitrogen functional groups attached to an aromatic ring is 1. The summed E-state index contributed by atoms with van der Waals surface area (Å²) >= 11 is 0. The minimum atomic E-state index is 0.435. The Morgan fingerprint density at radius 1 is 1.12 bits per heavy atom. The SMILES string of the molecule is CCc1ccccc1CNc1cnc(N)cn1. The van der Waals surface area contributed by atoms with Gasteiger partial charge in [0.1, 0.15) is 11.6 Å². The molecule has 1 aromatic carbocycles. The number of hydrogen-bond acceptors (Lipinski definition) is 4.